The third-order valence-electron chi connectivity index (χ3n) is 4.70. The summed E-state index contributed by atoms with van der Waals surface area (Å²) in [6, 6.07) is 14.8. The van der Waals surface area contributed by atoms with Gasteiger partial charge in [0.2, 0.25) is 0 Å². The Kier molecular flexibility index (Phi) is 5.54. The van der Waals surface area contributed by atoms with E-state index in [-0.39, 0.29) is 12.5 Å². The maximum Gasteiger partial charge on any atom is 0.329 e. The molecule has 6 heteroatoms. The minimum absolute atomic E-state index is 0.233. The largest absolute Gasteiger partial charge is 0.467 e. The number of rotatable bonds is 4. The smallest absolute Gasteiger partial charge is 0.329 e. The van der Waals surface area contributed by atoms with Gasteiger partial charge in [-0.3, -0.25) is 4.79 Å². The highest BCUT2D eigenvalue weighted by molar-refractivity contribution is 6.04. The van der Waals surface area contributed by atoms with Gasteiger partial charge in [-0.05, 0) is 35.7 Å². The van der Waals surface area contributed by atoms with Crippen molar-refractivity contribution in [3.05, 3.63) is 59.7 Å². The van der Waals surface area contributed by atoms with Gasteiger partial charge in [-0.1, -0.05) is 41.6 Å². The number of methoxy groups -OCH3 is 1. The number of nitrogens with zero attached hydrogens (tertiary/aromatic N) is 2. The van der Waals surface area contributed by atoms with Crippen molar-refractivity contribution in [2.45, 2.75) is 19.4 Å². The van der Waals surface area contributed by atoms with E-state index in [4.69, 9.17) is 9.57 Å². The fourth-order valence-corrected chi connectivity index (χ4v) is 3.31. The van der Waals surface area contributed by atoms with E-state index in [0.717, 1.165) is 11.1 Å². The highest BCUT2D eigenvalue weighted by atomic mass is 16.6. The van der Waals surface area contributed by atoms with Gasteiger partial charge < -0.3 is 14.5 Å². The number of amides is 1. The standard InChI is InChI=1S/C21H22N2O4/c1-14-6-4-5-7-18(14)15-8-10-16(11-9-15)20(24)23-13-17(22-27-3)12-19(23)21(25)26-2/h4-11,19H,12-13H2,1-3H3/b22-17-/t19-/m0/s1. The predicted molar refractivity (Wildman–Crippen MR) is 103 cm³/mol. The van der Waals surface area contributed by atoms with Crippen molar-refractivity contribution in [3.8, 4) is 11.1 Å². The van der Waals surface area contributed by atoms with E-state index in [1.165, 1.54) is 24.7 Å². The Morgan fingerprint density at radius 2 is 1.78 bits per heavy atom. The molecule has 1 fully saturated rings. The number of hydrogen-bond donors (Lipinski definition) is 0. The Morgan fingerprint density at radius 1 is 1.07 bits per heavy atom. The Morgan fingerprint density at radius 3 is 2.41 bits per heavy atom. The van der Waals surface area contributed by atoms with Crippen molar-refractivity contribution in [1.82, 2.24) is 4.90 Å². The van der Waals surface area contributed by atoms with Gasteiger partial charge in [0.15, 0.2) is 0 Å². The second-order valence-corrected chi connectivity index (χ2v) is 6.41. The molecule has 2 aromatic rings. The van der Waals surface area contributed by atoms with Gasteiger partial charge in [0.05, 0.1) is 19.4 Å². The third-order valence-corrected chi connectivity index (χ3v) is 4.70. The molecule has 6 nitrogen and oxygen atoms in total. The van der Waals surface area contributed by atoms with Crippen molar-refractivity contribution < 1.29 is 19.2 Å². The molecule has 0 aromatic heterocycles. The molecule has 140 valence electrons. The number of hydrogen-bond acceptors (Lipinski definition) is 5. The van der Waals surface area contributed by atoms with Crippen molar-refractivity contribution in [2.24, 2.45) is 5.16 Å². The monoisotopic (exact) mass is 366 g/mol. The molecule has 0 saturated carbocycles. The van der Waals surface area contributed by atoms with Crippen molar-refractivity contribution >= 4 is 17.6 Å². The van der Waals surface area contributed by atoms with Gasteiger partial charge in [0.25, 0.3) is 5.91 Å². The van der Waals surface area contributed by atoms with E-state index in [0.29, 0.717) is 17.7 Å². The van der Waals surface area contributed by atoms with Crippen LogP contribution in [0.5, 0.6) is 0 Å². The molecular formula is C21H22N2O4. The summed E-state index contributed by atoms with van der Waals surface area (Å²) in [6.07, 6.45) is 0.313. The number of likely N-dealkylation sites (tertiary alicyclic amines) is 1. The van der Waals surface area contributed by atoms with Crippen molar-refractivity contribution in [2.75, 3.05) is 20.8 Å². The lowest BCUT2D eigenvalue weighted by molar-refractivity contribution is -0.145. The zero-order valence-corrected chi connectivity index (χ0v) is 15.6. The van der Waals surface area contributed by atoms with Crippen molar-refractivity contribution in [3.63, 3.8) is 0 Å². The number of ether oxygens (including phenoxy) is 1. The molecule has 0 bridgehead atoms. The van der Waals surface area contributed by atoms with E-state index < -0.39 is 12.0 Å². The highest BCUT2D eigenvalue weighted by Gasteiger charge is 2.39. The first-order valence-corrected chi connectivity index (χ1v) is 8.69. The van der Waals surface area contributed by atoms with Gasteiger partial charge in [-0.25, -0.2) is 4.79 Å². The second-order valence-electron chi connectivity index (χ2n) is 6.41. The van der Waals surface area contributed by atoms with Crippen LogP contribution in [-0.2, 0) is 14.4 Å². The van der Waals surface area contributed by atoms with Crippen LogP contribution < -0.4 is 0 Å². The maximum atomic E-state index is 13.0. The van der Waals surface area contributed by atoms with Gasteiger partial charge in [-0.2, -0.15) is 0 Å². The van der Waals surface area contributed by atoms with Crippen LogP contribution in [0.25, 0.3) is 11.1 Å². The summed E-state index contributed by atoms with van der Waals surface area (Å²) in [7, 11) is 2.75. The second kappa shape index (κ2) is 8.03. The quantitative estimate of drug-likeness (QED) is 0.616. The molecular weight excluding hydrogens is 344 g/mol. The summed E-state index contributed by atoms with van der Waals surface area (Å²) in [5, 5.41) is 3.90. The van der Waals surface area contributed by atoms with E-state index in [1.807, 2.05) is 30.3 Å². The highest BCUT2D eigenvalue weighted by Crippen LogP contribution is 2.25. The first kappa shape index (κ1) is 18.6. The van der Waals surface area contributed by atoms with Crippen LogP contribution in [-0.4, -0.2) is 49.3 Å². The molecule has 27 heavy (non-hydrogen) atoms. The minimum atomic E-state index is -0.688. The lowest BCUT2D eigenvalue weighted by Gasteiger charge is -2.22. The summed E-state index contributed by atoms with van der Waals surface area (Å²) < 4.78 is 4.84. The van der Waals surface area contributed by atoms with Gasteiger partial charge >= 0.3 is 5.97 Å². The first-order valence-electron chi connectivity index (χ1n) is 8.69. The molecule has 1 aliphatic rings. The van der Waals surface area contributed by atoms with Crippen LogP contribution in [0.1, 0.15) is 22.3 Å². The fourth-order valence-electron chi connectivity index (χ4n) is 3.31. The van der Waals surface area contributed by atoms with E-state index in [9.17, 15) is 9.59 Å². The van der Waals surface area contributed by atoms with E-state index in [2.05, 4.69) is 18.1 Å². The molecule has 0 radical (unpaired) electrons. The number of carbonyl (C=O) groups is 2. The van der Waals surface area contributed by atoms with Crippen LogP contribution in [0, 0.1) is 6.92 Å². The average Bonchev–Trinajstić information content (AvgIpc) is 3.11. The Labute approximate surface area is 158 Å². The molecule has 1 aliphatic heterocycles. The minimum Gasteiger partial charge on any atom is -0.467 e. The van der Waals surface area contributed by atoms with E-state index in [1.54, 1.807) is 12.1 Å². The lowest BCUT2D eigenvalue weighted by atomic mass is 9.99. The molecule has 1 saturated heterocycles. The number of esters is 1. The summed E-state index contributed by atoms with van der Waals surface area (Å²) >= 11 is 0. The van der Waals surface area contributed by atoms with Crippen LogP contribution in [0.4, 0.5) is 0 Å². The van der Waals surface area contributed by atoms with Crippen molar-refractivity contribution in [1.29, 1.82) is 0 Å². The molecule has 0 unspecified atom stereocenters. The number of oxime groups is 1. The molecule has 1 atom stereocenters. The summed E-state index contributed by atoms with van der Waals surface area (Å²) in [4.78, 5) is 31.3. The number of carbonyl (C=O) groups excluding carboxylic acids is 2. The third kappa shape index (κ3) is 3.84. The summed E-state index contributed by atoms with van der Waals surface area (Å²) in [6.45, 7) is 2.29. The Bertz CT molecular complexity index is 874. The average molecular weight is 366 g/mol. The number of aryl methyl sites for hydroxylation is 1. The summed E-state index contributed by atoms with van der Waals surface area (Å²) in [5.74, 6) is -0.691. The topological polar surface area (TPSA) is 68.2 Å². The Hall–Kier alpha value is -3.15. The van der Waals surface area contributed by atoms with Gasteiger partial charge in [0.1, 0.15) is 13.2 Å². The molecule has 3 rings (SSSR count). The van der Waals surface area contributed by atoms with Gasteiger partial charge in [0, 0.05) is 12.0 Å². The van der Waals surface area contributed by atoms with Crippen LogP contribution in [0.2, 0.25) is 0 Å². The molecule has 2 aromatic carbocycles. The first-order chi connectivity index (χ1) is 13.0. The zero-order valence-electron chi connectivity index (χ0n) is 15.6. The fraction of sp³-hybridized carbons (Fsp3) is 0.286. The number of benzene rings is 2. The normalized spacial score (nSPS) is 17.8. The van der Waals surface area contributed by atoms with E-state index >= 15 is 0 Å². The van der Waals surface area contributed by atoms with Crippen LogP contribution in [0.15, 0.2) is 53.7 Å². The van der Waals surface area contributed by atoms with Crippen LogP contribution >= 0.6 is 0 Å². The predicted octanol–water partition coefficient (Wildman–Crippen LogP) is 3.05. The molecule has 0 aliphatic carbocycles. The molecule has 0 spiro atoms. The zero-order chi connectivity index (χ0) is 19.4. The maximum absolute atomic E-state index is 13.0. The molecule has 0 N–H and O–H groups in total. The molecule has 1 heterocycles. The lowest BCUT2D eigenvalue weighted by Crippen LogP contribution is -2.41. The van der Waals surface area contributed by atoms with Gasteiger partial charge in [-0.15, -0.1) is 0 Å². The Balaban J connectivity index is 1.85. The SMILES string of the molecule is CO/N=C1/C[C@@H](C(=O)OC)N(C(=O)c2ccc(-c3ccccc3C)cc2)C1. The molecule has 1 amide bonds. The van der Waals surface area contributed by atoms with Crippen LogP contribution in [0.3, 0.4) is 0 Å². The summed E-state index contributed by atoms with van der Waals surface area (Å²) in [5.41, 5.74) is 4.48.